The molecule has 2 saturated heterocycles. The van der Waals surface area contributed by atoms with Crippen LogP contribution in [0.4, 0.5) is 0 Å². The zero-order chi connectivity index (χ0) is 19.9. The number of carbonyl (C=O) groups excluding carboxylic acids is 1. The Morgan fingerprint density at radius 1 is 1.14 bits per heavy atom. The third-order valence-corrected chi connectivity index (χ3v) is 5.61. The molecular formula is C23H29N3O3. The van der Waals surface area contributed by atoms with E-state index in [-0.39, 0.29) is 18.1 Å². The van der Waals surface area contributed by atoms with Crippen LogP contribution in [0.15, 0.2) is 48.7 Å². The molecule has 0 radical (unpaired) electrons. The lowest BCUT2D eigenvalue weighted by atomic mass is 10.0. The lowest BCUT2D eigenvalue weighted by molar-refractivity contribution is 0.0663. The number of rotatable bonds is 7. The van der Waals surface area contributed by atoms with E-state index in [0.29, 0.717) is 18.1 Å². The van der Waals surface area contributed by atoms with Crippen LogP contribution in [0.2, 0.25) is 0 Å². The van der Waals surface area contributed by atoms with Crippen molar-refractivity contribution >= 4 is 5.91 Å². The summed E-state index contributed by atoms with van der Waals surface area (Å²) in [5.41, 5.74) is 1.91. The van der Waals surface area contributed by atoms with Crippen molar-refractivity contribution in [3.63, 3.8) is 0 Å². The molecule has 6 nitrogen and oxygen atoms in total. The Balaban J connectivity index is 1.20. The van der Waals surface area contributed by atoms with Gasteiger partial charge in [0.1, 0.15) is 6.61 Å². The van der Waals surface area contributed by atoms with E-state index in [1.54, 1.807) is 18.3 Å². The van der Waals surface area contributed by atoms with Crippen LogP contribution in [0.1, 0.15) is 41.6 Å². The summed E-state index contributed by atoms with van der Waals surface area (Å²) in [5.74, 6) is 0.468. The molecule has 0 spiro atoms. The highest BCUT2D eigenvalue weighted by molar-refractivity contribution is 5.94. The summed E-state index contributed by atoms with van der Waals surface area (Å²) in [6.45, 7) is 4.28. The zero-order valence-corrected chi connectivity index (χ0v) is 16.8. The van der Waals surface area contributed by atoms with Crippen LogP contribution in [-0.2, 0) is 11.3 Å². The maximum absolute atomic E-state index is 12.5. The highest BCUT2D eigenvalue weighted by atomic mass is 16.5. The van der Waals surface area contributed by atoms with Crippen molar-refractivity contribution in [2.24, 2.45) is 0 Å². The number of nitrogens with zero attached hydrogens (tertiary/aromatic N) is 2. The quantitative estimate of drug-likeness (QED) is 0.781. The second-order valence-corrected chi connectivity index (χ2v) is 7.84. The first-order valence-corrected chi connectivity index (χ1v) is 10.5. The Labute approximate surface area is 172 Å². The zero-order valence-electron chi connectivity index (χ0n) is 16.8. The SMILES string of the molecule is O=C(NC1CCN(Cc2ccccc2)CC1)c1ccc(OC[C@@H]2CCCO2)nc1. The van der Waals surface area contributed by atoms with Gasteiger partial charge in [-0.05, 0) is 37.3 Å². The van der Waals surface area contributed by atoms with Crippen molar-refractivity contribution in [1.29, 1.82) is 0 Å². The molecule has 1 amide bonds. The van der Waals surface area contributed by atoms with Gasteiger partial charge in [0.05, 0.1) is 11.7 Å². The van der Waals surface area contributed by atoms with Crippen LogP contribution in [0, 0.1) is 0 Å². The first kappa shape index (κ1) is 19.9. The summed E-state index contributed by atoms with van der Waals surface area (Å²) < 4.78 is 11.2. The normalized spacial score (nSPS) is 20.5. The van der Waals surface area contributed by atoms with Gasteiger partial charge in [0.15, 0.2) is 0 Å². The molecule has 1 aromatic heterocycles. The Bertz CT molecular complexity index is 768. The molecule has 154 valence electrons. The van der Waals surface area contributed by atoms with Crippen LogP contribution in [0.3, 0.4) is 0 Å². The smallest absolute Gasteiger partial charge is 0.253 e. The molecule has 0 aliphatic carbocycles. The molecule has 2 fully saturated rings. The summed E-state index contributed by atoms with van der Waals surface area (Å²) >= 11 is 0. The summed E-state index contributed by atoms with van der Waals surface area (Å²) in [4.78, 5) is 19.2. The van der Waals surface area contributed by atoms with Gasteiger partial charge in [-0.15, -0.1) is 0 Å². The number of hydrogen-bond donors (Lipinski definition) is 1. The number of aromatic nitrogens is 1. The van der Waals surface area contributed by atoms with Crippen LogP contribution < -0.4 is 10.1 Å². The summed E-state index contributed by atoms with van der Waals surface area (Å²) in [6.07, 6.45) is 5.80. The fraction of sp³-hybridized carbons (Fsp3) is 0.478. The minimum atomic E-state index is -0.0651. The Morgan fingerprint density at radius 2 is 1.97 bits per heavy atom. The molecule has 0 saturated carbocycles. The van der Waals surface area contributed by atoms with Crippen LogP contribution in [0.5, 0.6) is 5.88 Å². The fourth-order valence-electron chi connectivity index (χ4n) is 3.90. The summed E-state index contributed by atoms with van der Waals surface area (Å²) in [7, 11) is 0. The number of likely N-dealkylation sites (tertiary alicyclic amines) is 1. The number of hydrogen-bond acceptors (Lipinski definition) is 5. The predicted octanol–water partition coefficient (Wildman–Crippen LogP) is 3.03. The fourth-order valence-corrected chi connectivity index (χ4v) is 3.90. The third-order valence-electron chi connectivity index (χ3n) is 5.61. The molecule has 29 heavy (non-hydrogen) atoms. The number of benzene rings is 1. The van der Waals surface area contributed by atoms with Gasteiger partial charge in [-0.2, -0.15) is 0 Å². The van der Waals surface area contributed by atoms with E-state index >= 15 is 0 Å². The van der Waals surface area contributed by atoms with Gasteiger partial charge in [0.2, 0.25) is 5.88 Å². The van der Waals surface area contributed by atoms with Gasteiger partial charge in [-0.3, -0.25) is 9.69 Å². The van der Waals surface area contributed by atoms with Crippen molar-refractivity contribution in [2.45, 2.75) is 44.4 Å². The van der Waals surface area contributed by atoms with Gasteiger partial charge in [0.25, 0.3) is 5.91 Å². The van der Waals surface area contributed by atoms with Crippen molar-refractivity contribution < 1.29 is 14.3 Å². The maximum atomic E-state index is 12.5. The minimum Gasteiger partial charge on any atom is -0.475 e. The van der Waals surface area contributed by atoms with E-state index in [9.17, 15) is 4.79 Å². The predicted molar refractivity (Wildman–Crippen MR) is 111 cm³/mol. The Hall–Kier alpha value is -2.44. The van der Waals surface area contributed by atoms with Crippen molar-refractivity contribution in [3.8, 4) is 5.88 Å². The van der Waals surface area contributed by atoms with E-state index in [4.69, 9.17) is 9.47 Å². The number of nitrogens with one attached hydrogen (secondary N) is 1. The van der Waals surface area contributed by atoms with Crippen LogP contribution in [-0.4, -0.2) is 54.2 Å². The van der Waals surface area contributed by atoms with E-state index in [0.717, 1.165) is 51.9 Å². The maximum Gasteiger partial charge on any atom is 0.253 e. The lowest BCUT2D eigenvalue weighted by Gasteiger charge is -2.32. The molecule has 4 rings (SSSR count). The van der Waals surface area contributed by atoms with E-state index in [1.165, 1.54) is 5.56 Å². The third kappa shape index (κ3) is 5.78. The Kier molecular flexibility index (Phi) is 6.75. The summed E-state index contributed by atoms with van der Waals surface area (Å²) in [5, 5.41) is 3.15. The van der Waals surface area contributed by atoms with Gasteiger partial charge in [-0.1, -0.05) is 30.3 Å². The van der Waals surface area contributed by atoms with Gasteiger partial charge < -0.3 is 14.8 Å². The number of carbonyl (C=O) groups is 1. The monoisotopic (exact) mass is 395 g/mol. The van der Waals surface area contributed by atoms with Crippen molar-refractivity contribution in [1.82, 2.24) is 15.2 Å². The second kappa shape index (κ2) is 9.85. The highest BCUT2D eigenvalue weighted by Gasteiger charge is 2.21. The molecule has 6 heteroatoms. The molecule has 1 aromatic carbocycles. The second-order valence-electron chi connectivity index (χ2n) is 7.84. The average Bonchev–Trinajstić information content (AvgIpc) is 3.28. The number of ether oxygens (including phenoxy) is 2. The van der Waals surface area contributed by atoms with Gasteiger partial charge in [-0.25, -0.2) is 4.98 Å². The van der Waals surface area contributed by atoms with E-state index in [1.807, 2.05) is 6.07 Å². The standard InChI is InChI=1S/C23H29N3O3/c27-23(19-8-9-22(24-15-19)29-17-21-7-4-14-28-21)25-20-10-12-26(13-11-20)16-18-5-2-1-3-6-18/h1-3,5-6,8-9,15,20-21H,4,7,10-14,16-17H2,(H,25,27)/t21-/m0/s1. The first-order valence-electron chi connectivity index (χ1n) is 10.5. The summed E-state index contributed by atoms with van der Waals surface area (Å²) in [6, 6.07) is 14.3. The highest BCUT2D eigenvalue weighted by Crippen LogP contribution is 2.16. The van der Waals surface area contributed by atoms with Crippen molar-refractivity contribution in [3.05, 3.63) is 59.8 Å². The molecule has 1 N–H and O–H groups in total. The lowest BCUT2D eigenvalue weighted by Crippen LogP contribution is -2.44. The average molecular weight is 396 g/mol. The molecule has 2 aliphatic heterocycles. The first-order chi connectivity index (χ1) is 14.3. The molecule has 0 unspecified atom stereocenters. The van der Waals surface area contributed by atoms with Crippen LogP contribution >= 0.6 is 0 Å². The van der Waals surface area contributed by atoms with Gasteiger partial charge >= 0.3 is 0 Å². The number of amides is 1. The molecular weight excluding hydrogens is 366 g/mol. The van der Waals surface area contributed by atoms with Crippen LogP contribution in [0.25, 0.3) is 0 Å². The number of pyridine rings is 1. The number of piperidine rings is 1. The molecule has 0 bridgehead atoms. The largest absolute Gasteiger partial charge is 0.475 e. The molecule has 2 aliphatic rings. The topological polar surface area (TPSA) is 63.7 Å². The molecule has 2 aromatic rings. The Morgan fingerprint density at radius 3 is 2.66 bits per heavy atom. The van der Waals surface area contributed by atoms with E-state index in [2.05, 4.69) is 39.5 Å². The van der Waals surface area contributed by atoms with Gasteiger partial charge in [0, 0.05) is 44.5 Å². The molecule has 1 atom stereocenters. The van der Waals surface area contributed by atoms with Crippen molar-refractivity contribution in [2.75, 3.05) is 26.3 Å². The van der Waals surface area contributed by atoms with E-state index < -0.39 is 0 Å². The molecule has 3 heterocycles. The minimum absolute atomic E-state index is 0.0651.